The van der Waals surface area contributed by atoms with E-state index in [4.69, 9.17) is 0 Å². The molecule has 0 bridgehead atoms. The highest BCUT2D eigenvalue weighted by molar-refractivity contribution is 8.00. The minimum atomic E-state index is -0.582. The lowest BCUT2D eigenvalue weighted by Crippen LogP contribution is -2.17. The van der Waals surface area contributed by atoms with E-state index in [0.717, 1.165) is 16.8 Å². The molecule has 0 spiro atoms. The smallest absolute Gasteiger partial charge is 0.234 e. The van der Waals surface area contributed by atoms with E-state index in [1.54, 1.807) is 6.92 Å². The molecule has 134 valence electrons. The molecular formula is C20H23F2NOS. The van der Waals surface area contributed by atoms with Crippen LogP contribution in [0.5, 0.6) is 0 Å². The van der Waals surface area contributed by atoms with Gasteiger partial charge in [0.15, 0.2) is 0 Å². The van der Waals surface area contributed by atoms with E-state index in [-0.39, 0.29) is 23.1 Å². The van der Waals surface area contributed by atoms with Crippen LogP contribution >= 0.6 is 11.8 Å². The molecule has 2 rings (SSSR count). The van der Waals surface area contributed by atoms with Crippen molar-refractivity contribution in [2.45, 2.75) is 38.9 Å². The van der Waals surface area contributed by atoms with Crippen LogP contribution in [0.1, 0.15) is 48.6 Å². The molecule has 5 heteroatoms. The Morgan fingerprint density at radius 1 is 1.08 bits per heavy atom. The fraction of sp³-hybridized carbons (Fsp3) is 0.350. The first-order chi connectivity index (χ1) is 11.8. The molecule has 0 fully saturated rings. The summed E-state index contributed by atoms with van der Waals surface area (Å²) in [5.74, 6) is -0.928. The second-order valence-electron chi connectivity index (χ2n) is 6.33. The Labute approximate surface area is 152 Å². The van der Waals surface area contributed by atoms with Crippen LogP contribution in [0.4, 0.5) is 14.5 Å². The summed E-state index contributed by atoms with van der Waals surface area (Å²) in [5, 5.41) is 2.50. The van der Waals surface area contributed by atoms with Gasteiger partial charge in [0, 0.05) is 16.5 Å². The number of aryl methyl sites for hydroxylation is 1. The van der Waals surface area contributed by atoms with Gasteiger partial charge in [-0.1, -0.05) is 38.1 Å². The molecule has 0 saturated carbocycles. The van der Waals surface area contributed by atoms with Crippen molar-refractivity contribution < 1.29 is 13.6 Å². The molecule has 2 aromatic rings. The maximum absolute atomic E-state index is 13.8. The van der Waals surface area contributed by atoms with Crippen molar-refractivity contribution in [3.8, 4) is 0 Å². The summed E-state index contributed by atoms with van der Waals surface area (Å²) in [6.07, 6.45) is 0. The van der Waals surface area contributed by atoms with Crippen LogP contribution in [0.25, 0.3) is 0 Å². The van der Waals surface area contributed by atoms with Crippen LogP contribution < -0.4 is 5.32 Å². The minimum absolute atomic E-state index is 0.0130. The Kier molecular flexibility index (Phi) is 6.59. The monoisotopic (exact) mass is 363 g/mol. The number of amides is 1. The Morgan fingerprint density at radius 3 is 2.28 bits per heavy atom. The average Bonchev–Trinajstić information content (AvgIpc) is 2.54. The first-order valence-corrected chi connectivity index (χ1v) is 9.31. The number of anilines is 1. The normalized spacial score (nSPS) is 12.3. The molecular weight excluding hydrogens is 340 g/mol. The van der Waals surface area contributed by atoms with Gasteiger partial charge in [-0.3, -0.25) is 4.79 Å². The standard InChI is InChI=1S/C20H23F2NOS/c1-12(2)15-8-5-7-13(3)20(15)23-18(24)11-25-14(4)19-16(21)9-6-10-17(19)22/h5-10,12,14H,11H2,1-4H3,(H,23,24). The van der Waals surface area contributed by atoms with Gasteiger partial charge in [-0.2, -0.15) is 0 Å². The van der Waals surface area contributed by atoms with Crippen molar-refractivity contribution >= 4 is 23.4 Å². The number of halogens is 2. The maximum atomic E-state index is 13.8. The number of thioether (sulfide) groups is 1. The number of nitrogens with one attached hydrogen (secondary N) is 1. The van der Waals surface area contributed by atoms with Crippen molar-refractivity contribution in [1.82, 2.24) is 0 Å². The molecule has 0 aliphatic carbocycles. The van der Waals surface area contributed by atoms with Gasteiger partial charge in [-0.15, -0.1) is 11.8 Å². The molecule has 1 N–H and O–H groups in total. The molecule has 0 aromatic heterocycles. The number of hydrogen-bond acceptors (Lipinski definition) is 2. The van der Waals surface area contributed by atoms with Crippen molar-refractivity contribution in [3.63, 3.8) is 0 Å². The van der Waals surface area contributed by atoms with Crippen LogP contribution in [0.2, 0.25) is 0 Å². The molecule has 25 heavy (non-hydrogen) atoms. The summed E-state index contributed by atoms with van der Waals surface area (Å²) in [7, 11) is 0. The minimum Gasteiger partial charge on any atom is -0.325 e. The fourth-order valence-corrected chi connectivity index (χ4v) is 3.57. The molecule has 1 atom stereocenters. The van der Waals surface area contributed by atoms with E-state index in [0.29, 0.717) is 0 Å². The second kappa shape index (κ2) is 8.48. The molecule has 1 amide bonds. The zero-order valence-corrected chi connectivity index (χ0v) is 15.7. The summed E-state index contributed by atoms with van der Waals surface area (Å²) in [4.78, 5) is 12.3. The van der Waals surface area contributed by atoms with Crippen LogP contribution in [0.3, 0.4) is 0 Å². The van der Waals surface area contributed by atoms with Crippen molar-refractivity contribution in [2.24, 2.45) is 0 Å². The Hall–Kier alpha value is -1.88. The lowest BCUT2D eigenvalue weighted by Gasteiger charge is -2.17. The van der Waals surface area contributed by atoms with Gasteiger partial charge in [-0.05, 0) is 43.0 Å². The molecule has 0 radical (unpaired) electrons. The highest BCUT2D eigenvalue weighted by Gasteiger charge is 2.18. The van der Waals surface area contributed by atoms with E-state index in [1.165, 1.54) is 30.0 Å². The van der Waals surface area contributed by atoms with Crippen LogP contribution in [-0.4, -0.2) is 11.7 Å². The summed E-state index contributed by atoms with van der Waals surface area (Å²) in [6.45, 7) is 7.79. The highest BCUT2D eigenvalue weighted by Crippen LogP contribution is 2.32. The van der Waals surface area contributed by atoms with Crippen LogP contribution in [0, 0.1) is 18.6 Å². The van der Waals surface area contributed by atoms with Gasteiger partial charge < -0.3 is 5.32 Å². The topological polar surface area (TPSA) is 29.1 Å². The highest BCUT2D eigenvalue weighted by atomic mass is 32.2. The summed E-state index contributed by atoms with van der Waals surface area (Å²) in [5.41, 5.74) is 2.91. The predicted octanol–water partition coefficient (Wildman–Crippen LogP) is 5.83. The third-order valence-electron chi connectivity index (χ3n) is 4.06. The number of para-hydroxylation sites is 1. The zero-order valence-electron chi connectivity index (χ0n) is 14.9. The Balaban J connectivity index is 2.05. The Morgan fingerprint density at radius 2 is 1.68 bits per heavy atom. The molecule has 1 unspecified atom stereocenters. The molecule has 0 aliphatic rings. The van der Waals surface area contributed by atoms with Gasteiger partial charge in [0.05, 0.1) is 5.75 Å². The number of benzene rings is 2. The quantitative estimate of drug-likeness (QED) is 0.699. The first kappa shape index (κ1) is 19.4. The summed E-state index contributed by atoms with van der Waals surface area (Å²) >= 11 is 1.21. The first-order valence-electron chi connectivity index (χ1n) is 8.26. The second-order valence-corrected chi connectivity index (χ2v) is 7.66. The average molecular weight is 363 g/mol. The summed E-state index contributed by atoms with van der Waals surface area (Å²) < 4.78 is 27.6. The van der Waals surface area contributed by atoms with Gasteiger partial charge in [0.25, 0.3) is 0 Å². The van der Waals surface area contributed by atoms with E-state index < -0.39 is 16.9 Å². The summed E-state index contributed by atoms with van der Waals surface area (Å²) in [6, 6.07) is 9.72. The van der Waals surface area contributed by atoms with Gasteiger partial charge >= 0.3 is 0 Å². The zero-order chi connectivity index (χ0) is 18.6. The fourth-order valence-electron chi connectivity index (χ4n) is 2.70. The van der Waals surface area contributed by atoms with Crippen molar-refractivity contribution in [1.29, 1.82) is 0 Å². The van der Waals surface area contributed by atoms with Gasteiger partial charge in [0.1, 0.15) is 11.6 Å². The van der Waals surface area contributed by atoms with E-state index >= 15 is 0 Å². The Bertz CT molecular complexity index is 741. The SMILES string of the molecule is Cc1cccc(C(C)C)c1NC(=O)CSC(C)c1c(F)cccc1F. The number of carbonyl (C=O) groups is 1. The molecule has 0 saturated heterocycles. The molecule has 0 aliphatic heterocycles. The van der Waals surface area contributed by atoms with Gasteiger partial charge in [-0.25, -0.2) is 8.78 Å². The van der Waals surface area contributed by atoms with Gasteiger partial charge in [0.2, 0.25) is 5.91 Å². The lowest BCUT2D eigenvalue weighted by molar-refractivity contribution is -0.113. The third-order valence-corrected chi connectivity index (χ3v) is 5.23. The number of carbonyl (C=O) groups excluding carboxylic acids is 1. The molecule has 0 heterocycles. The predicted molar refractivity (Wildman–Crippen MR) is 101 cm³/mol. The molecule has 2 aromatic carbocycles. The van der Waals surface area contributed by atoms with E-state index in [2.05, 4.69) is 19.2 Å². The molecule has 2 nitrogen and oxygen atoms in total. The van der Waals surface area contributed by atoms with Crippen LogP contribution in [0.15, 0.2) is 36.4 Å². The number of rotatable bonds is 6. The van der Waals surface area contributed by atoms with Crippen molar-refractivity contribution in [3.05, 3.63) is 64.7 Å². The lowest BCUT2D eigenvalue weighted by atomic mass is 9.98. The van der Waals surface area contributed by atoms with E-state index in [9.17, 15) is 13.6 Å². The number of hydrogen-bond donors (Lipinski definition) is 1. The largest absolute Gasteiger partial charge is 0.325 e. The van der Waals surface area contributed by atoms with Crippen molar-refractivity contribution in [2.75, 3.05) is 11.1 Å². The van der Waals surface area contributed by atoms with E-state index in [1.807, 2.05) is 25.1 Å². The van der Waals surface area contributed by atoms with Crippen LogP contribution in [-0.2, 0) is 4.79 Å². The maximum Gasteiger partial charge on any atom is 0.234 e. The third kappa shape index (κ3) is 4.82.